The summed E-state index contributed by atoms with van der Waals surface area (Å²) in [6.07, 6.45) is 1.19. The minimum Gasteiger partial charge on any atom is -0.312 e. The molecule has 1 unspecified atom stereocenters. The van der Waals surface area contributed by atoms with Crippen LogP contribution in [-0.2, 0) is 26.0 Å². The SMILES string of the molecule is CCN(C(=O)C(Cc1ccc([N+](=O)[O-])cc1)C(=O)NS(=O)(=O)C=Cc1ccccc1)c1ccccc1. The molecule has 1 N–H and O–H groups in total. The third kappa shape index (κ3) is 7.09. The highest BCUT2D eigenvalue weighted by Gasteiger charge is 2.33. The fourth-order valence-electron chi connectivity index (χ4n) is 3.52. The predicted octanol–water partition coefficient (Wildman–Crippen LogP) is 3.92. The van der Waals surface area contributed by atoms with Crippen LogP contribution in [0.2, 0.25) is 0 Å². The van der Waals surface area contributed by atoms with Gasteiger partial charge in [0.05, 0.1) is 10.3 Å². The van der Waals surface area contributed by atoms with Gasteiger partial charge in [0.2, 0.25) is 11.8 Å². The maximum absolute atomic E-state index is 13.5. The molecule has 0 spiro atoms. The molecular weight excluding hydrogens is 482 g/mol. The number of nitro benzene ring substituents is 1. The van der Waals surface area contributed by atoms with E-state index < -0.39 is 32.7 Å². The van der Waals surface area contributed by atoms with Crippen LogP contribution < -0.4 is 9.62 Å². The standard InChI is InChI=1S/C26H25N3O6S/c1-2-28(22-11-7-4-8-12-22)26(31)24(19-21-13-15-23(16-14-21)29(32)33)25(30)27-36(34,35)18-17-20-9-5-3-6-10-20/h3-18,24H,2,19H2,1H3,(H,27,30). The molecule has 0 fully saturated rings. The van der Waals surface area contributed by atoms with Gasteiger partial charge in [0.1, 0.15) is 5.92 Å². The lowest BCUT2D eigenvalue weighted by Gasteiger charge is -2.26. The second-order valence-electron chi connectivity index (χ2n) is 7.82. The zero-order valence-electron chi connectivity index (χ0n) is 19.5. The van der Waals surface area contributed by atoms with Crippen molar-refractivity contribution in [2.45, 2.75) is 13.3 Å². The minimum absolute atomic E-state index is 0.140. The Bertz CT molecular complexity index is 1340. The van der Waals surface area contributed by atoms with E-state index >= 15 is 0 Å². The van der Waals surface area contributed by atoms with E-state index in [1.807, 2.05) is 4.72 Å². The van der Waals surface area contributed by atoms with Crippen LogP contribution in [0.15, 0.2) is 90.3 Å². The number of nitrogens with one attached hydrogen (secondary N) is 1. The highest BCUT2D eigenvalue weighted by atomic mass is 32.2. The van der Waals surface area contributed by atoms with Gasteiger partial charge in [-0.25, -0.2) is 13.1 Å². The van der Waals surface area contributed by atoms with E-state index in [9.17, 15) is 28.1 Å². The molecule has 1 atom stereocenters. The summed E-state index contributed by atoms with van der Waals surface area (Å²) >= 11 is 0. The molecule has 0 bridgehead atoms. The van der Waals surface area contributed by atoms with E-state index in [1.165, 1.54) is 35.2 Å². The third-order valence-corrected chi connectivity index (χ3v) is 6.31. The van der Waals surface area contributed by atoms with Crippen LogP contribution in [0.1, 0.15) is 18.1 Å². The summed E-state index contributed by atoms with van der Waals surface area (Å²) < 4.78 is 27.2. The van der Waals surface area contributed by atoms with Crippen molar-refractivity contribution in [3.8, 4) is 0 Å². The van der Waals surface area contributed by atoms with Gasteiger partial charge in [-0.1, -0.05) is 60.7 Å². The molecule has 0 heterocycles. The number of carbonyl (C=O) groups excluding carboxylic acids is 2. The molecule has 0 aliphatic carbocycles. The Morgan fingerprint density at radius 1 is 0.972 bits per heavy atom. The quantitative estimate of drug-likeness (QED) is 0.252. The molecule has 9 nitrogen and oxygen atoms in total. The third-order valence-electron chi connectivity index (χ3n) is 5.33. The maximum Gasteiger partial charge on any atom is 0.269 e. The average Bonchev–Trinajstić information content (AvgIpc) is 2.87. The topological polar surface area (TPSA) is 127 Å². The molecule has 36 heavy (non-hydrogen) atoms. The van der Waals surface area contributed by atoms with Crippen molar-refractivity contribution in [2.24, 2.45) is 5.92 Å². The van der Waals surface area contributed by atoms with E-state index in [4.69, 9.17) is 0 Å². The van der Waals surface area contributed by atoms with Gasteiger partial charge >= 0.3 is 0 Å². The number of anilines is 1. The first-order valence-corrected chi connectivity index (χ1v) is 12.6. The first-order valence-electron chi connectivity index (χ1n) is 11.1. The molecule has 0 aliphatic rings. The number of carbonyl (C=O) groups is 2. The molecule has 186 valence electrons. The number of non-ortho nitro benzene ring substituents is 1. The van der Waals surface area contributed by atoms with E-state index in [-0.39, 0.29) is 18.7 Å². The number of benzene rings is 3. The number of nitrogens with zero attached hydrogens (tertiary/aromatic N) is 2. The summed E-state index contributed by atoms with van der Waals surface area (Å²) in [4.78, 5) is 38.5. The summed E-state index contributed by atoms with van der Waals surface area (Å²) in [5.74, 6) is -2.99. The van der Waals surface area contributed by atoms with Crippen molar-refractivity contribution in [3.63, 3.8) is 0 Å². The van der Waals surface area contributed by atoms with Gasteiger partial charge in [-0.15, -0.1) is 0 Å². The van der Waals surface area contributed by atoms with Crippen molar-refractivity contribution in [1.82, 2.24) is 4.72 Å². The van der Waals surface area contributed by atoms with E-state index in [0.29, 0.717) is 16.8 Å². The lowest BCUT2D eigenvalue weighted by atomic mass is 9.96. The van der Waals surface area contributed by atoms with E-state index in [0.717, 1.165) is 5.41 Å². The Labute approximate surface area is 209 Å². The largest absolute Gasteiger partial charge is 0.312 e. The maximum atomic E-state index is 13.5. The number of para-hydroxylation sites is 1. The fourth-order valence-corrected chi connectivity index (χ4v) is 4.35. The second kappa shape index (κ2) is 11.9. The summed E-state index contributed by atoms with van der Waals surface area (Å²) in [7, 11) is -4.20. The zero-order valence-corrected chi connectivity index (χ0v) is 20.3. The van der Waals surface area contributed by atoms with Gasteiger partial charge in [-0.05, 0) is 42.7 Å². The van der Waals surface area contributed by atoms with Crippen LogP contribution in [-0.4, -0.2) is 31.7 Å². The van der Waals surface area contributed by atoms with Gasteiger partial charge < -0.3 is 4.90 Å². The molecule has 0 radical (unpaired) electrons. The molecule has 0 aliphatic heterocycles. The number of hydrogen-bond acceptors (Lipinski definition) is 6. The van der Waals surface area contributed by atoms with Crippen LogP contribution in [0.5, 0.6) is 0 Å². The number of sulfonamides is 1. The molecule has 3 aromatic carbocycles. The Kier molecular flexibility index (Phi) is 8.69. The van der Waals surface area contributed by atoms with E-state index in [2.05, 4.69) is 0 Å². The Morgan fingerprint density at radius 3 is 2.11 bits per heavy atom. The molecule has 0 aromatic heterocycles. The van der Waals surface area contributed by atoms with Gasteiger partial charge in [0, 0.05) is 24.4 Å². The lowest BCUT2D eigenvalue weighted by molar-refractivity contribution is -0.384. The summed E-state index contributed by atoms with van der Waals surface area (Å²) in [5, 5.41) is 11.8. The van der Waals surface area contributed by atoms with Gasteiger partial charge in [0.15, 0.2) is 0 Å². The zero-order chi connectivity index (χ0) is 26.1. The number of rotatable bonds is 10. The first kappa shape index (κ1) is 26.3. The summed E-state index contributed by atoms with van der Waals surface area (Å²) in [5.41, 5.74) is 1.50. The summed E-state index contributed by atoms with van der Waals surface area (Å²) in [6, 6.07) is 22.8. The number of hydrogen-bond donors (Lipinski definition) is 1. The predicted molar refractivity (Wildman–Crippen MR) is 137 cm³/mol. The number of nitro groups is 1. The molecular formula is C26H25N3O6S. The average molecular weight is 508 g/mol. The number of amides is 2. The van der Waals surface area contributed by atoms with Crippen LogP contribution in [0.3, 0.4) is 0 Å². The Balaban J connectivity index is 1.89. The summed E-state index contributed by atoms with van der Waals surface area (Å²) in [6.45, 7) is 1.98. The highest BCUT2D eigenvalue weighted by molar-refractivity contribution is 7.93. The van der Waals surface area contributed by atoms with Crippen molar-refractivity contribution in [1.29, 1.82) is 0 Å². The van der Waals surface area contributed by atoms with Gasteiger partial charge in [-0.2, -0.15) is 0 Å². The van der Waals surface area contributed by atoms with Crippen LogP contribution >= 0.6 is 0 Å². The fraction of sp³-hybridized carbons (Fsp3) is 0.154. The van der Waals surface area contributed by atoms with Crippen LogP contribution in [0.25, 0.3) is 6.08 Å². The van der Waals surface area contributed by atoms with E-state index in [1.54, 1.807) is 67.6 Å². The van der Waals surface area contributed by atoms with Crippen LogP contribution in [0.4, 0.5) is 11.4 Å². The van der Waals surface area contributed by atoms with Crippen LogP contribution in [0, 0.1) is 16.0 Å². The van der Waals surface area contributed by atoms with Gasteiger partial charge in [0.25, 0.3) is 15.7 Å². The molecule has 2 amide bonds. The minimum atomic E-state index is -4.20. The molecule has 0 saturated heterocycles. The van der Waals surface area contributed by atoms with Crippen molar-refractivity contribution >= 4 is 39.3 Å². The molecule has 10 heteroatoms. The smallest absolute Gasteiger partial charge is 0.269 e. The molecule has 3 aromatic rings. The Morgan fingerprint density at radius 2 is 1.56 bits per heavy atom. The van der Waals surface area contributed by atoms with Crippen molar-refractivity contribution in [2.75, 3.05) is 11.4 Å². The monoisotopic (exact) mass is 507 g/mol. The normalized spacial score (nSPS) is 12.1. The van der Waals surface area contributed by atoms with Gasteiger partial charge in [-0.3, -0.25) is 19.7 Å². The lowest BCUT2D eigenvalue weighted by Crippen LogP contribution is -2.46. The molecule has 0 saturated carbocycles. The second-order valence-corrected chi connectivity index (χ2v) is 9.39. The highest BCUT2D eigenvalue weighted by Crippen LogP contribution is 2.21. The van der Waals surface area contributed by atoms with Crippen molar-refractivity contribution < 1.29 is 22.9 Å². The molecule has 3 rings (SSSR count). The Hall–Kier alpha value is -4.31. The first-order chi connectivity index (χ1) is 17.2. The van der Waals surface area contributed by atoms with Crippen molar-refractivity contribution in [3.05, 3.63) is 112 Å².